The van der Waals surface area contributed by atoms with Crippen molar-refractivity contribution in [3.8, 4) is 5.75 Å². The summed E-state index contributed by atoms with van der Waals surface area (Å²) in [4.78, 5) is 22.6. The van der Waals surface area contributed by atoms with Gasteiger partial charge in [-0.1, -0.05) is 11.6 Å². The van der Waals surface area contributed by atoms with Crippen LogP contribution in [0.3, 0.4) is 0 Å². The molecule has 0 fully saturated rings. The lowest BCUT2D eigenvalue weighted by atomic mass is 10.1. The van der Waals surface area contributed by atoms with Crippen molar-refractivity contribution in [2.45, 2.75) is 0 Å². The van der Waals surface area contributed by atoms with E-state index < -0.39 is 10.9 Å². The van der Waals surface area contributed by atoms with Gasteiger partial charge in [-0.05, 0) is 34.1 Å². The quantitative estimate of drug-likeness (QED) is 0.438. The lowest BCUT2D eigenvalue weighted by Gasteiger charge is -2.13. The molecule has 0 amide bonds. The van der Waals surface area contributed by atoms with Gasteiger partial charge < -0.3 is 14.8 Å². The highest BCUT2D eigenvalue weighted by Gasteiger charge is 2.20. The van der Waals surface area contributed by atoms with Crippen molar-refractivity contribution in [2.75, 3.05) is 19.5 Å². The van der Waals surface area contributed by atoms with Crippen LogP contribution in [0.1, 0.15) is 10.4 Å². The molecule has 2 aromatic rings. The topological polar surface area (TPSA) is 90.7 Å². The SMILES string of the molecule is COC(=O)c1ccc(Cl)cc1Nc1cc(OC)c(Br)cc1[N+](=O)[O-]. The minimum atomic E-state index is -0.596. The van der Waals surface area contributed by atoms with Gasteiger partial charge >= 0.3 is 5.97 Å². The minimum absolute atomic E-state index is 0.146. The number of benzene rings is 2. The first-order valence-corrected chi connectivity index (χ1v) is 7.71. The van der Waals surface area contributed by atoms with E-state index in [-0.39, 0.29) is 22.6 Å². The van der Waals surface area contributed by atoms with Crippen LogP contribution in [-0.2, 0) is 4.74 Å². The summed E-state index contributed by atoms with van der Waals surface area (Å²) in [6.07, 6.45) is 0. The van der Waals surface area contributed by atoms with E-state index in [1.54, 1.807) is 0 Å². The number of hydrogen-bond donors (Lipinski definition) is 1. The van der Waals surface area contributed by atoms with Crippen molar-refractivity contribution >= 4 is 50.6 Å². The summed E-state index contributed by atoms with van der Waals surface area (Å²) in [6, 6.07) is 7.23. The Morgan fingerprint density at radius 1 is 1.25 bits per heavy atom. The van der Waals surface area contributed by atoms with Crippen molar-refractivity contribution in [2.24, 2.45) is 0 Å². The highest BCUT2D eigenvalue weighted by molar-refractivity contribution is 9.10. The Labute approximate surface area is 150 Å². The number of nitro benzene ring substituents is 1. The number of carbonyl (C=O) groups is 1. The standard InChI is InChI=1S/C15H12BrClN2O5/c1-23-14-7-12(13(19(21)22)6-10(14)16)18-11-5-8(17)3-4-9(11)15(20)24-2/h3-7,18H,1-2H3. The summed E-state index contributed by atoms with van der Waals surface area (Å²) in [5.74, 6) is -0.203. The van der Waals surface area contributed by atoms with Crippen molar-refractivity contribution in [1.29, 1.82) is 0 Å². The van der Waals surface area contributed by atoms with Crippen LogP contribution in [0.5, 0.6) is 5.75 Å². The molecule has 9 heteroatoms. The van der Waals surface area contributed by atoms with Gasteiger partial charge in [0.05, 0.1) is 34.9 Å². The van der Waals surface area contributed by atoms with Gasteiger partial charge in [0.1, 0.15) is 11.4 Å². The maximum absolute atomic E-state index is 11.9. The van der Waals surface area contributed by atoms with Gasteiger partial charge in [-0.15, -0.1) is 0 Å². The van der Waals surface area contributed by atoms with Crippen LogP contribution in [0.15, 0.2) is 34.8 Å². The van der Waals surface area contributed by atoms with Crippen LogP contribution in [0.4, 0.5) is 17.1 Å². The Bertz CT molecular complexity index is 813. The number of carbonyl (C=O) groups excluding carboxylic acids is 1. The summed E-state index contributed by atoms with van der Waals surface area (Å²) in [6.45, 7) is 0. The number of hydrogen-bond acceptors (Lipinski definition) is 6. The number of halogens is 2. The predicted octanol–water partition coefficient (Wildman–Crippen LogP) is 4.55. The van der Waals surface area contributed by atoms with Crippen molar-refractivity contribution in [3.63, 3.8) is 0 Å². The molecule has 0 saturated carbocycles. The zero-order valence-corrected chi connectivity index (χ0v) is 15.0. The summed E-state index contributed by atoms with van der Waals surface area (Å²) >= 11 is 9.16. The number of esters is 1. The second kappa shape index (κ2) is 7.50. The molecule has 1 N–H and O–H groups in total. The maximum atomic E-state index is 11.9. The Balaban J connectivity index is 2.57. The van der Waals surface area contributed by atoms with Crippen molar-refractivity contribution < 1.29 is 19.2 Å². The van der Waals surface area contributed by atoms with Crippen molar-refractivity contribution in [3.05, 3.63) is 55.5 Å². The number of rotatable bonds is 5. The number of ether oxygens (including phenoxy) is 2. The van der Waals surface area contributed by atoms with Crippen LogP contribution in [0.2, 0.25) is 5.02 Å². The Morgan fingerprint density at radius 2 is 1.96 bits per heavy atom. The molecule has 7 nitrogen and oxygen atoms in total. The lowest BCUT2D eigenvalue weighted by molar-refractivity contribution is -0.384. The molecule has 2 aromatic carbocycles. The fourth-order valence-electron chi connectivity index (χ4n) is 2.00. The number of anilines is 2. The third kappa shape index (κ3) is 3.77. The van der Waals surface area contributed by atoms with E-state index in [2.05, 4.69) is 21.2 Å². The molecule has 0 radical (unpaired) electrons. The van der Waals surface area contributed by atoms with E-state index in [0.717, 1.165) is 0 Å². The van der Waals surface area contributed by atoms with E-state index in [1.165, 1.54) is 44.6 Å². The average Bonchev–Trinajstić information content (AvgIpc) is 2.55. The van der Waals surface area contributed by atoms with Crippen LogP contribution < -0.4 is 10.1 Å². The third-order valence-electron chi connectivity index (χ3n) is 3.12. The maximum Gasteiger partial charge on any atom is 0.339 e. The molecular formula is C15H12BrClN2O5. The zero-order chi connectivity index (χ0) is 17.9. The molecule has 126 valence electrons. The molecule has 0 atom stereocenters. The molecule has 0 aliphatic rings. The number of nitrogens with one attached hydrogen (secondary N) is 1. The fraction of sp³-hybridized carbons (Fsp3) is 0.133. The second-order valence-electron chi connectivity index (χ2n) is 4.57. The Hall–Kier alpha value is -2.32. The van der Waals surface area contributed by atoms with E-state index in [9.17, 15) is 14.9 Å². The van der Waals surface area contributed by atoms with Gasteiger partial charge in [0, 0.05) is 17.2 Å². The smallest absolute Gasteiger partial charge is 0.339 e. The summed E-state index contributed by atoms with van der Waals surface area (Å²) in [5.41, 5.74) is 0.422. The van der Waals surface area contributed by atoms with Gasteiger partial charge in [-0.25, -0.2) is 4.79 Å². The van der Waals surface area contributed by atoms with Crippen molar-refractivity contribution in [1.82, 2.24) is 0 Å². The van der Waals surface area contributed by atoms with Gasteiger partial charge in [-0.2, -0.15) is 0 Å². The Morgan fingerprint density at radius 3 is 2.54 bits per heavy atom. The monoisotopic (exact) mass is 414 g/mol. The van der Waals surface area contributed by atoms with Gasteiger partial charge in [0.2, 0.25) is 0 Å². The average molecular weight is 416 g/mol. The summed E-state index contributed by atoms with van der Waals surface area (Å²) in [5, 5.41) is 14.5. The Kier molecular flexibility index (Phi) is 5.63. The molecule has 0 aliphatic heterocycles. The highest BCUT2D eigenvalue weighted by Crippen LogP contribution is 2.38. The molecule has 0 aliphatic carbocycles. The first kappa shape index (κ1) is 18.0. The first-order valence-electron chi connectivity index (χ1n) is 6.54. The number of methoxy groups -OCH3 is 2. The second-order valence-corrected chi connectivity index (χ2v) is 5.86. The lowest BCUT2D eigenvalue weighted by Crippen LogP contribution is -2.06. The number of nitro groups is 1. The molecule has 0 spiro atoms. The molecular weight excluding hydrogens is 404 g/mol. The predicted molar refractivity (Wildman–Crippen MR) is 93.4 cm³/mol. The number of nitrogens with zero attached hydrogens (tertiary/aromatic N) is 1. The third-order valence-corrected chi connectivity index (χ3v) is 3.98. The van der Waals surface area contributed by atoms with E-state index >= 15 is 0 Å². The van der Waals surface area contributed by atoms with E-state index in [4.69, 9.17) is 21.1 Å². The molecule has 24 heavy (non-hydrogen) atoms. The molecule has 0 saturated heterocycles. The zero-order valence-electron chi connectivity index (χ0n) is 12.6. The summed E-state index contributed by atoms with van der Waals surface area (Å²) < 4.78 is 10.3. The normalized spacial score (nSPS) is 10.2. The molecule has 0 heterocycles. The van der Waals surface area contributed by atoms with Gasteiger partial charge in [-0.3, -0.25) is 10.1 Å². The van der Waals surface area contributed by atoms with E-state index in [0.29, 0.717) is 15.2 Å². The fourth-order valence-corrected chi connectivity index (χ4v) is 2.67. The molecule has 0 bridgehead atoms. The molecule has 0 unspecified atom stereocenters. The van der Waals surface area contributed by atoms with E-state index in [1.807, 2.05) is 0 Å². The molecule has 0 aromatic heterocycles. The van der Waals surface area contributed by atoms with Crippen LogP contribution in [0, 0.1) is 10.1 Å². The van der Waals surface area contributed by atoms with Gasteiger partial charge in [0.15, 0.2) is 0 Å². The minimum Gasteiger partial charge on any atom is -0.495 e. The molecule has 2 rings (SSSR count). The summed E-state index contributed by atoms with van der Waals surface area (Å²) in [7, 11) is 2.68. The van der Waals surface area contributed by atoms with Crippen LogP contribution >= 0.6 is 27.5 Å². The largest absolute Gasteiger partial charge is 0.495 e. The highest BCUT2D eigenvalue weighted by atomic mass is 79.9. The first-order chi connectivity index (χ1) is 11.4. The van der Waals surface area contributed by atoms with Crippen LogP contribution in [-0.4, -0.2) is 25.1 Å². The van der Waals surface area contributed by atoms with Crippen LogP contribution in [0.25, 0.3) is 0 Å². The van der Waals surface area contributed by atoms with Gasteiger partial charge in [0.25, 0.3) is 5.69 Å².